The van der Waals surface area contributed by atoms with Crippen molar-refractivity contribution >= 4 is 22.4 Å². The maximum absolute atomic E-state index is 12.1. The van der Waals surface area contributed by atoms with Gasteiger partial charge in [-0.2, -0.15) is 0 Å². The molecule has 0 unspecified atom stereocenters. The highest BCUT2D eigenvalue weighted by atomic mass is 32.1. The van der Waals surface area contributed by atoms with E-state index in [4.69, 9.17) is 14.2 Å². The predicted octanol–water partition coefficient (Wildman–Crippen LogP) is 2.75. The molecule has 0 saturated carbocycles. The molecule has 0 radical (unpaired) electrons. The van der Waals surface area contributed by atoms with Crippen molar-refractivity contribution < 1.29 is 19.0 Å². The van der Waals surface area contributed by atoms with Gasteiger partial charge >= 0.3 is 5.97 Å². The van der Waals surface area contributed by atoms with Gasteiger partial charge in [-0.3, -0.25) is 0 Å². The van der Waals surface area contributed by atoms with Crippen LogP contribution in [0.3, 0.4) is 0 Å². The minimum absolute atomic E-state index is 0.389. The fraction of sp³-hybridized carbons (Fsp3) is 0.286. The number of carbonyl (C=O) groups is 1. The normalized spacial score (nSPS) is 16.3. The summed E-state index contributed by atoms with van der Waals surface area (Å²) in [4.78, 5) is 17.4. The topological polar surface area (TPSA) is 69.7 Å². The minimum atomic E-state index is -0.571. The molecule has 1 aliphatic rings. The van der Waals surface area contributed by atoms with E-state index in [9.17, 15) is 4.79 Å². The summed E-state index contributed by atoms with van der Waals surface area (Å²) >= 11 is 1.50. The first-order chi connectivity index (χ1) is 10.1. The van der Waals surface area contributed by atoms with Gasteiger partial charge in [0.25, 0.3) is 0 Å². The molecular formula is C14H14N2O4S. The number of aromatic nitrogens is 1. The summed E-state index contributed by atoms with van der Waals surface area (Å²) in [5.41, 5.74) is 1.10. The minimum Gasteiger partial charge on any atom is -0.493 e. The van der Waals surface area contributed by atoms with Crippen LogP contribution >= 0.6 is 11.3 Å². The molecule has 0 amide bonds. The summed E-state index contributed by atoms with van der Waals surface area (Å²) in [6.45, 7) is 1.96. The van der Waals surface area contributed by atoms with E-state index in [1.807, 2.05) is 6.92 Å². The number of rotatable bonds is 4. The molecule has 2 heterocycles. The number of benzene rings is 1. The van der Waals surface area contributed by atoms with Crippen molar-refractivity contribution in [2.75, 3.05) is 19.5 Å². The molecule has 2 aromatic rings. The Bertz CT molecular complexity index is 698. The van der Waals surface area contributed by atoms with Crippen LogP contribution in [0.25, 0.3) is 0 Å². The largest absolute Gasteiger partial charge is 0.493 e. The number of cyclic esters (lactones) is 1. The Morgan fingerprint density at radius 1 is 1.33 bits per heavy atom. The Labute approximate surface area is 125 Å². The van der Waals surface area contributed by atoms with Crippen molar-refractivity contribution in [2.45, 2.75) is 13.2 Å². The van der Waals surface area contributed by atoms with E-state index in [2.05, 4.69) is 10.3 Å². The van der Waals surface area contributed by atoms with Crippen LogP contribution in [0.4, 0.5) is 5.13 Å². The lowest BCUT2D eigenvalue weighted by atomic mass is 10.1. The molecule has 1 aromatic carbocycles. The van der Waals surface area contributed by atoms with Crippen LogP contribution in [-0.2, 0) is 4.74 Å². The number of hydrogen-bond donors (Lipinski definition) is 1. The number of fused-ring (bicyclic) bond motifs is 1. The van der Waals surface area contributed by atoms with E-state index in [1.165, 1.54) is 25.6 Å². The number of ether oxygens (including phenoxy) is 3. The number of esters is 1. The molecule has 1 aliphatic heterocycles. The average molecular weight is 306 g/mol. The Kier molecular flexibility index (Phi) is 3.42. The van der Waals surface area contributed by atoms with Gasteiger partial charge in [0, 0.05) is 16.6 Å². The molecule has 6 nitrogen and oxygen atoms in total. The zero-order valence-electron chi connectivity index (χ0n) is 11.8. The summed E-state index contributed by atoms with van der Waals surface area (Å²) in [6.07, 6.45) is 1.19. The molecule has 3 rings (SSSR count). The second-order valence-electron chi connectivity index (χ2n) is 4.47. The van der Waals surface area contributed by atoms with Crippen molar-refractivity contribution in [3.63, 3.8) is 0 Å². The molecule has 0 spiro atoms. The number of nitrogens with zero attached hydrogens (tertiary/aromatic N) is 1. The van der Waals surface area contributed by atoms with Crippen molar-refractivity contribution in [1.29, 1.82) is 0 Å². The first-order valence-corrected chi connectivity index (χ1v) is 7.10. The highest BCUT2D eigenvalue weighted by Gasteiger charge is 2.36. The van der Waals surface area contributed by atoms with E-state index in [0.29, 0.717) is 27.8 Å². The summed E-state index contributed by atoms with van der Waals surface area (Å²) < 4.78 is 15.9. The molecule has 1 atom stereocenters. The lowest BCUT2D eigenvalue weighted by Gasteiger charge is -2.13. The van der Waals surface area contributed by atoms with E-state index in [-0.39, 0.29) is 0 Å². The molecule has 0 saturated heterocycles. The Hall–Kier alpha value is -2.28. The molecule has 0 bridgehead atoms. The maximum Gasteiger partial charge on any atom is 0.344 e. The Balaban J connectivity index is 1.98. The van der Waals surface area contributed by atoms with E-state index >= 15 is 0 Å². The standard InChI is InChI=1S/C14H14N2O4S/c1-7-6-15-14(21-7)16-12-8-4-5-9(18-2)11(19-3)10(8)13(17)20-12/h4-6,12H,1-3H3,(H,15,16)/t12-/m1/s1. The molecule has 0 fully saturated rings. The van der Waals surface area contributed by atoms with Crippen LogP contribution in [0.15, 0.2) is 18.3 Å². The zero-order chi connectivity index (χ0) is 15.0. The third-order valence-corrected chi connectivity index (χ3v) is 4.01. The highest BCUT2D eigenvalue weighted by Crippen LogP contribution is 2.42. The van der Waals surface area contributed by atoms with E-state index < -0.39 is 12.2 Å². The fourth-order valence-electron chi connectivity index (χ4n) is 2.24. The molecular weight excluding hydrogens is 292 g/mol. The quantitative estimate of drug-likeness (QED) is 0.876. The highest BCUT2D eigenvalue weighted by molar-refractivity contribution is 7.15. The van der Waals surface area contributed by atoms with Gasteiger partial charge < -0.3 is 19.5 Å². The van der Waals surface area contributed by atoms with Gasteiger partial charge in [0.2, 0.25) is 6.23 Å². The van der Waals surface area contributed by atoms with Crippen molar-refractivity contribution in [2.24, 2.45) is 0 Å². The smallest absolute Gasteiger partial charge is 0.344 e. The van der Waals surface area contributed by atoms with Gasteiger partial charge in [0.05, 0.1) is 14.2 Å². The van der Waals surface area contributed by atoms with Gasteiger partial charge in [-0.25, -0.2) is 9.78 Å². The second-order valence-corrected chi connectivity index (χ2v) is 5.71. The fourth-order valence-corrected chi connectivity index (χ4v) is 2.92. The summed E-state index contributed by atoms with van der Waals surface area (Å²) in [5, 5.41) is 3.81. The zero-order valence-corrected chi connectivity index (χ0v) is 12.6. The first kappa shape index (κ1) is 13.7. The molecule has 110 valence electrons. The second kappa shape index (κ2) is 5.25. The van der Waals surface area contributed by atoms with Crippen LogP contribution in [-0.4, -0.2) is 25.2 Å². The van der Waals surface area contributed by atoms with Gasteiger partial charge in [-0.05, 0) is 19.1 Å². The van der Waals surface area contributed by atoms with Gasteiger partial charge in [0.1, 0.15) is 5.56 Å². The van der Waals surface area contributed by atoms with Crippen LogP contribution in [0.5, 0.6) is 11.5 Å². The molecule has 21 heavy (non-hydrogen) atoms. The number of methoxy groups -OCH3 is 2. The summed E-state index contributed by atoms with van der Waals surface area (Å²) in [6, 6.07) is 3.54. The third kappa shape index (κ3) is 2.29. The number of thiazole rings is 1. The predicted molar refractivity (Wildman–Crippen MR) is 78.2 cm³/mol. The monoisotopic (exact) mass is 306 g/mol. The molecule has 1 N–H and O–H groups in total. The van der Waals surface area contributed by atoms with Crippen LogP contribution in [0.2, 0.25) is 0 Å². The molecule has 0 aliphatic carbocycles. The summed E-state index contributed by atoms with van der Waals surface area (Å²) in [7, 11) is 3.02. The van der Waals surface area contributed by atoms with E-state index in [0.717, 1.165) is 4.88 Å². The molecule has 1 aromatic heterocycles. The third-order valence-electron chi connectivity index (χ3n) is 3.17. The van der Waals surface area contributed by atoms with E-state index in [1.54, 1.807) is 18.3 Å². The number of carbonyl (C=O) groups excluding carboxylic acids is 1. The number of aryl methyl sites for hydroxylation is 1. The first-order valence-electron chi connectivity index (χ1n) is 6.29. The Morgan fingerprint density at radius 3 is 2.76 bits per heavy atom. The van der Waals surface area contributed by atoms with Crippen molar-refractivity contribution in [3.05, 3.63) is 34.3 Å². The number of nitrogens with one attached hydrogen (secondary N) is 1. The number of hydrogen-bond acceptors (Lipinski definition) is 7. The van der Waals surface area contributed by atoms with Crippen LogP contribution in [0, 0.1) is 6.92 Å². The van der Waals surface area contributed by atoms with Gasteiger partial charge in [0.15, 0.2) is 16.6 Å². The number of anilines is 1. The summed E-state index contributed by atoms with van der Waals surface area (Å²) in [5.74, 6) is 0.449. The lowest BCUT2D eigenvalue weighted by molar-refractivity contribution is 0.0435. The molecule has 7 heteroatoms. The van der Waals surface area contributed by atoms with Gasteiger partial charge in [-0.1, -0.05) is 0 Å². The van der Waals surface area contributed by atoms with Crippen molar-refractivity contribution in [1.82, 2.24) is 4.98 Å². The van der Waals surface area contributed by atoms with Crippen LogP contribution in [0.1, 0.15) is 27.0 Å². The Morgan fingerprint density at radius 2 is 2.14 bits per heavy atom. The SMILES string of the molecule is COc1ccc2c(c1OC)C(=O)O[C@H]2Nc1ncc(C)s1. The lowest BCUT2D eigenvalue weighted by Crippen LogP contribution is -2.09. The van der Waals surface area contributed by atoms with Crippen LogP contribution < -0.4 is 14.8 Å². The average Bonchev–Trinajstić information content (AvgIpc) is 3.02. The van der Waals surface area contributed by atoms with Gasteiger partial charge in [-0.15, -0.1) is 11.3 Å². The van der Waals surface area contributed by atoms with Crippen molar-refractivity contribution in [3.8, 4) is 11.5 Å². The maximum atomic E-state index is 12.1.